The fourth-order valence-electron chi connectivity index (χ4n) is 2.40. The average molecular weight is 229 g/mol. The first-order chi connectivity index (χ1) is 7.75. The van der Waals surface area contributed by atoms with Crippen LogP contribution in [0.4, 0.5) is 0 Å². The van der Waals surface area contributed by atoms with E-state index in [2.05, 4.69) is 26.1 Å². The van der Waals surface area contributed by atoms with Crippen LogP contribution in [0.5, 0.6) is 0 Å². The summed E-state index contributed by atoms with van der Waals surface area (Å²) < 4.78 is 11.2. The zero-order chi connectivity index (χ0) is 11.9. The van der Waals surface area contributed by atoms with E-state index in [0.29, 0.717) is 11.5 Å². The van der Waals surface area contributed by atoms with Gasteiger partial charge in [0.1, 0.15) is 0 Å². The lowest BCUT2D eigenvalue weighted by Gasteiger charge is -2.32. The van der Waals surface area contributed by atoms with Crippen molar-refractivity contribution in [1.29, 1.82) is 0 Å². The molecule has 0 aromatic heterocycles. The van der Waals surface area contributed by atoms with E-state index < -0.39 is 0 Å². The van der Waals surface area contributed by atoms with Gasteiger partial charge in [0.25, 0.3) is 0 Å². The zero-order valence-corrected chi connectivity index (χ0v) is 11.1. The molecule has 0 spiro atoms. The summed E-state index contributed by atoms with van der Waals surface area (Å²) in [5.41, 5.74) is 0.296. The molecule has 0 aliphatic carbocycles. The van der Waals surface area contributed by atoms with Gasteiger partial charge in [-0.25, -0.2) is 0 Å². The summed E-state index contributed by atoms with van der Waals surface area (Å²) >= 11 is 0. The molecule has 1 aliphatic heterocycles. The molecule has 1 fully saturated rings. The van der Waals surface area contributed by atoms with E-state index in [-0.39, 0.29) is 0 Å². The number of nitrogens with one attached hydrogen (secondary N) is 1. The second-order valence-electron chi connectivity index (χ2n) is 4.75. The summed E-state index contributed by atoms with van der Waals surface area (Å²) in [5.74, 6) is 0. The number of hydrogen-bond acceptors (Lipinski definition) is 3. The fourth-order valence-corrected chi connectivity index (χ4v) is 2.40. The van der Waals surface area contributed by atoms with E-state index in [4.69, 9.17) is 9.47 Å². The van der Waals surface area contributed by atoms with E-state index in [1.807, 2.05) is 0 Å². The monoisotopic (exact) mass is 229 g/mol. The summed E-state index contributed by atoms with van der Waals surface area (Å²) in [7, 11) is 0. The van der Waals surface area contributed by atoms with Gasteiger partial charge in [0.2, 0.25) is 0 Å². The van der Waals surface area contributed by atoms with Crippen molar-refractivity contribution in [2.45, 2.75) is 46.1 Å². The minimum Gasteiger partial charge on any atom is -0.382 e. The first-order valence-electron chi connectivity index (χ1n) is 6.65. The molecular formula is C13H27NO2. The van der Waals surface area contributed by atoms with Gasteiger partial charge < -0.3 is 14.8 Å². The van der Waals surface area contributed by atoms with Crippen LogP contribution in [-0.4, -0.2) is 39.0 Å². The Morgan fingerprint density at radius 2 is 2.25 bits per heavy atom. The van der Waals surface area contributed by atoms with Gasteiger partial charge in [-0.05, 0) is 39.7 Å². The van der Waals surface area contributed by atoms with Gasteiger partial charge in [-0.15, -0.1) is 0 Å². The summed E-state index contributed by atoms with van der Waals surface area (Å²) in [4.78, 5) is 0. The highest BCUT2D eigenvalue weighted by Gasteiger charge is 2.40. The molecule has 1 heterocycles. The summed E-state index contributed by atoms with van der Waals surface area (Å²) in [6.07, 6.45) is 3.82. The highest BCUT2D eigenvalue weighted by molar-refractivity contribution is 4.91. The number of ether oxygens (including phenoxy) is 2. The van der Waals surface area contributed by atoms with Gasteiger partial charge in [-0.1, -0.05) is 6.92 Å². The molecule has 3 nitrogen and oxygen atoms in total. The van der Waals surface area contributed by atoms with E-state index in [1.54, 1.807) is 0 Å². The van der Waals surface area contributed by atoms with Crippen molar-refractivity contribution in [1.82, 2.24) is 5.32 Å². The quantitative estimate of drug-likeness (QED) is 0.647. The summed E-state index contributed by atoms with van der Waals surface area (Å²) in [5, 5.41) is 3.54. The van der Waals surface area contributed by atoms with E-state index in [9.17, 15) is 0 Å². The number of rotatable bonds is 8. The van der Waals surface area contributed by atoms with Crippen molar-refractivity contribution in [3.05, 3.63) is 0 Å². The normalized spacial score (nSPS) is 29.8. The lowest BCUT2D eigenvalue weighted by Crippen LogP contribution is -2.40. The molecule has 96 valence electrons. The van der Waals surface area contributed by atoms with Crippen LogP contribution in [0, 0.1) is 5.41 Å². The van der Waals surface area contributed by atoms with Crippen LogP contribution in [-0.2, 0) is 9.47 Å². The zero-order valence-electron chi connectivity index (χ0n) is 11.1. The highest BCUT2D eigenvalue weighted by atomic mass is 16.5. The summed E-state index contributed by atoms with van der Waals surface area (Å²) in [6.45, 7) is 11.2. The standard InChI is InChI=1S/C13H27NO2/c1-4-8-14-11-13(6-9-15-5-2)7-10-16-12(13)3/h12,14H,4-11H2,1-3H3. The Labute approximate surface area is 99.9 Å². The van der Waals surface area contributed by atoms with Crippen LogP contribution in [0.3, 0.4) is 0 Å². The molecule has 1 aliphatic rings. The van der Waals surface area contributed by atoms with Crippen molar-refractivity contribution >= 4 is 0 Å². The third-order valence-electron chi connectivity index (χ3n) is 3.68. The van der Waals surface area contributed by atoms with E-state index in [1.165, 1.54) is 6.42 Å². The van der Waals surface area contributed by atoms with Crippen molar-refractivity contribution in [3.63, 3.8) is 0 Å². The molecule has 0 bridgehead atoms. The molecule has 2 atom stereocenters. The Balaban J connectivity index is 2.40. The number of hydrogen-bond donors (Lipinski definition) is 1. The van der Waals surface area contributed by atoms with Crippen molar-refractivity contribution in [3.8, 4) is 0 Å². The Morgan fingerprint density at radius 3 is 2.81 bits per heavy atom. The lowest BCUT2D eigenvalue weighted by atomic mass is 9.78. The smallest absolute Gasteiger partial charge is 0.0617 e. The molecule has 0 aromatic rings. The Morgan fingerprint density at radius 1 is 1.44 bits per heavy atom. The molecule has 1 saturated heterocycles. The molecule has 1 N–H and O–H groups in total. The maximum absolute atomic E-state index is 5.73. The van der Waals surface area contributed by atoms with Crippen LogP contribution in [0.1, 0.15) is 40.0 Å². The Kier molecular flexibility index (Phi) is 6.32. The van der Waals surface area contributed by atoms with Gasteiger partial charge in [0.15, 0.2) is 0 Å². The van der Waals surface area contributed by atoms with Crippen molar-refractivity contribution in [2.24, 2.45) is 5.41 Å². The minimum absolute atomic E-state index is 0.296. The second-order valence-corrected chi connectivity index (χ2v) is 4.75. The largest absolute Gasteiger partial charge is 0.382 e. The molecule has 1 rings (SSSR count). The van der Waals surface area contributed by atoms with Gasteiger partial charge in [-0.3, -0.25) is 0 Å². The van der Waals surface area contributed by atoms with Gasteiger partial charge in [0.05, 0.1) is 6.10 Å². The van der Waals surface area contributed by atoms with Crippen LogP contribution >= 0.6 is 0 Å². The SMILES string of the molecule is CCCNCC1(CCOCC)CCOC1C. The third kappa shape index (κ3) is 3.72. The topological polar surface area (TPSA) is 30.5 Å². The van der Waals surface area contributed by atoms with Gasteiger partial charge in [-0.2, -0.15) is 0 Å². The van der Waals surface area contributed by atoms with Crippen LogP contribution in [0.25, 0.3) is 0 Å². The third-order valence-corrected chi connectivity index (χ3v) is 3.68. The first-order valence-corrected chi connectivity index (χ1v) is 6.65. The van der Waals surface area contributed by atoms with Crippen LogP contribution in [0.15, 0.2) is 0 Å². The molecular weight excluding hydrogens is 202 g/mol. The molecule has 0 saturated carbocycles. The Bertz CT molecular complexity index is 175. The molecule has 0 radical (unpaired) electrons. The molecule has 16 heavy (non-hydrogen) atoms. The fraction of sp³-hybridized carbons (Fsp3) is 1.00. The molecule has 3 heteroatoms. The average Bonchev–Trinajstić information content (AvgIpc) is 2.62. The highest BCUT2D eigenvalue weighted by Crippen LogP contribution is 2.37. The maximum atomic E-state index is 5.73. The molecule has 0 amide bonds. The first kappa shape index (κ1) is 13.9. The minimum atomic E-state index is 0.296. The predicted octanol–water partition coefficient (Wildman–Crippen LogP) is 2.21. The van der Waals surface area contributed by atoms with Crippen LogP contribution < -0.4 is 5.32 Å². The van der Waals surface area contributed by atoms with Gasteiger partial charge >= 0.3 is 0 Å². The molecule has 0 aromatic carbocycles. The Hall–Kier alpha value is -0.120. The van der Waals surface area contributed by atoms with Crippen molar-refractivity contribution < 1.29 is 9.47 Å². The maximum Gasteiger partial charge on any atom is 0.0617 e. The van der Waals surface area contributed by atoms with Crippen molar-refractivity contribution in [2.75, 3.05) is 32.9 Å². The predicted molar refractivity (Wildman–Crippen MR) is 66.7 cm³/mol. The van der Waals surface area contributed by atoms with Crippen LogP contribution in [0.2, 0.25) is 0 Å². The van der Waals surface area contributed by atoms with E-state index in [0.717, 1.165) is 45.8 Å². The second kappa shape index (κ2) is 7.25. The van der Waals surface area contributed by atoms with Gasteiger partial charge in [0, 0.05) is 31.8 Å². The van der Waals surface area contributed by atoms with E-state index >= 15 is 0 Å². The summed E-state index contributed by atoms with van der Waals surface area (Å²) in [6, 6.07) is 0. The molecule has 2 unspecified atom stereocenters. The lowest BCUT2D eigenvalue weighted by molar-refractivity contribution is 0.0353.